The third-order valence-corrected chi connectivity index (χ3v) is 2.95. The van der Waals surface area contributed by atoms with E-state index in [1.54, 1.807) is 11.3 Å². The lowest BCUT2D eigenvalue weighted by Gasteiger charge is -1.93. The largest absolute Gasteiger partial charge is 0.380 e. The molecule has 0 spiro atoms. The van der Waals surface area contributed by atoms with E-state index in [4.69, 9.17) is 0 Å². The molecule has 0 saturated carbocycles. The van der Waals surface area contributed by atoms with Gasteiger partial charge >= 0.3 is 0 Å². The van der Waals surface area contributed by atoms with Gasteiger partial charge in [-0.3, -0.25) is 4.68 Å². The maximum atomic E-state index is 4.25. The number of nitrogens with one attached hydrogen (secondary N) is 1. The van der Waals surface area contributed by atoms with Crippen molar-refractivity contribution in [2.45, 2.75) is 13.5 Å². The zero-order valence-corrected chi connectivity index (χ0v) is 7.98. The van der Waals surface area contributed by atoms with Gasteiger partial charge in [-0.25, -0.2) is 0 Å². The molecule has 3 nitrogen and oxygen atoms in total. The van der Waals surface area contributed by atoms with Gasteiger partial charge in [0.25, 0.3) is 0 Å². The van der Waals surface area contributed by atoms with Gasteiger partial charge in [-0.1, -0.05) is 0 Å². The molecule has 0 aromatic carbocycles. The fourth-order valence-electron chi connectivity index (χ4n) is 1.25. The van der Waals surface area contributed by atoms with Crippen molar-refractivity contribution in [1.82, 2.24) is 9.78 Å². The van der Waals surface area contributed by atoms with Gasteiger partial charge in [0.05, 0.1) is 21.4 Å². The van der Waals surface area contributed by atoms with Crippen LogP contribution in [-0.2, 0) is 6.54 Å². The molecule has 0 bridgehead atoms. The molecule has 0 saturated heterocycles. The average molecular weight is 181 g/mol. The lowest BCUT2D eigenvalue weighted by molar-refractivity contribution is 0.684. The molecule has 2 heterocycles. The number of thiophene rings is 1. The van der Waals surface area contributed by atoms with Crippen LogP contribution in [-0.4, -0.2) is 16.8 Å². The van der Waals surface area contributed by atoms with E-state index in [1.807, 2.05) is 17.9 Å². The third kappa shape index (κ3) is 0.992. The molecule has 64 valence electrons. The van der Waals surface area contributed by atoms with Crippen LogP contribution in [0.3, 0.4) is 0 Å². The lowest BCUT2D eigenvalue weighted by Crippen LogP contribution is -1.94. The van der Waals surface area contributed by atoms with Crippen LogP contribution in [0.5, 0.6) is 0 Å². The van der Waals surface area contributed by atoms with Crippen LogP contribution in [0.1, 0.15) is 6.92 Å². The van der Waals surface area contributed by atoms with Crippen LogP contribution in [0.15, 0.2) is 12.3 Å². The molecule has 0 aliphatic carbocycles. The Kier molecular flexibility index (Phi) is 1.77. The van der Waals surface area contributed by atoms with Gasteiger partial charge < -0.3 is 5.32 Å². The Labute approximate surface area is 75.0 Å². The summed E-state index contributed by atoms with van der Waals surface area (Å²) in [5, 5.41) is 8.58. The van der Waals surface area contributed by atoms with E-state index in [-0.39, 0.29) is 0 Å². The monoisotopic (exact) mass is 181 g/mol. The van der Waals surface area contributed by atoms with E-state index in [0.29, 0.717) is 0 Å². The second-order valence-electron chi connectivity index (χ2n) is 2.57. The number of aromatic nitrogens is 2. The Bertz CT molecular complexity index is 388. The Morgan fingerprint density at radius 2 is 2.50 bits per heavy atom. The Morgan fingerprint density at radius 3 is 3.17 bits per heavy atom. The molecule has 12 heavy (non-hydrogen) atoms. The van der Waals surface area contributed by atoms with Crippen molar-refractivity contribution in [3.63, 3.8) is 0 Å². The average Bonchev–Trinajstić information content (AvgIpc) is 2.61. The molecule has 0 atom stereocenters. The van der Waals surface area contributed by atoms with Crippen LogP contribution in [0.2, 0.25) is 0 Å². The van der Waals surface area contributed by atoms with Gasteiger partial charge in [-0.05, 0) is 13.0 Å². The van der Waals surface area contributed by atoms with Crippen molar-refractivity contribution in [3.05, 3.63) is 12.3 Å². The number of rotatable bonds is 2. The van der Waals surface area contributed by atoms with Gasteiger partial charge in [0, 0.05) is 13.6 Å². The van der Waals surface area contributed by atoms with E-state index < -0.39 is 0 Å². The van der Waals surface area contributed by atoms with E-state index in [2.05, 4.69) is 23.4 Å². The Balaban J connectivity index is 2.60. The second-order valence-corrected chi connectivity index (χ2v) is 3.65. The lowest BCUT2D eigenvalue weighted by atomic mass is 10.5. The van der Waals surface area contributed by atoms with Gasteiger partial charge in [0.1, 0.15) is 0 Å². The molecule has 1 N–H and O–H groups in total. The standard InChI is InChI=1S/C8H11N3S/c1-3-11-6-4-8(9-2)12-7(6)5-10-11/h4-5,9H,3H2,1-2H3. The fourth-order valence-corrected chi connectivity index (χ4v) is 2.13. The molecule has 0 radical (unpaired) electrons. The summed E-state index contributed by atoms with van der Waals surface area (Å²) in [5.74, 6) is 0. The number of hydrogen-bond donors (Lipinski definition) is 1. The van der Waals surface area contributed by atoms with E-state index >= 15 is 0 Å². The Morgan fingerprint density at radius 1 is 1.67 bits per heavy atom. The van der Waals surface area contributed by atoms with Crippen molar-refractivity contribution in [2.75, 3.05) is 12.4 Å². The van der Waals surface area contributed by atoms with Gasteiger partial charge in [-0.15, -0.1) is 11.3 Å². The number of hydrogen-bond acceptors (Lipinski definition) is 3. The van der Waals surface area contributed by atoms with Crippen molar-refractivity contribution >= 4 is 26.6 Å². The zero-order chi connectivity index (χ0) is 8.55. The predicted molar refractivity (Wildman–Crippen MR) is 52.8 cm³/mol. The van der Waals surface area contributed by atoms with Crippen molar-refractivity contribution in [3.8, 4) is 0 Å². The summed E-state index contributed by atoms with van der Waals surface area (Å²) in [6.07, 6.45) is 1.92. The normalized spacial score (nSPS) is 10.8. The number of nitrogens with zero attached hydrogens (tertiary/aromatic N) is 2. The topological polar surface area (TPSA) is 29.9 Å². The first-order valence-electron chi connectivity index (χ1n) is 3.98. The molecule has 0 aliphatic heterocycles. The number of fused-ring (bicyclic) bond motifs is 1. The zero-order valence-electron chi connectivity index (χ0n) is 7.16. The molecule has 2 rings (SSSR count). The highest BCUT2D eigenvalue weighted by Gasteiger charge is 2.04. The first kappa shape index (κ1) is 7.61. The molecule has 0 amide bonds. The maximum absolute atomic E-state index is 4.25. The summed E-state index contributed by atoms with van der Waals surface area (Å²) < 4.78 is 3.26. The molecular weight excluding hydrogens is 170 g/mol. The minimum atomic E-state index is 0.934. The van der Waals surface area contributed by atoms with Crippen LogP contribution >= 0.6 is 11.3 Å². The maximum Gasteiger partial charge on any atom is 0.0909 e. The third-order valence-electron chi connectivity index (χ3n) is 1.88. The van der Waals surface area contributed by atoms with E-state index in [9.17, 15) is 0 Å². The number of anilines is 1. The highest BCUT2D eigenvalue weighted by Crippen LogP contribution is 2.28. The van der Waals surface area contributed by atoms with Gasteiger partial charge in [-0.2, -0.15) is 5.10 Å². The predicted octanol–water partition coefficient (Wildman–Crippen LogP) is 2.16. The molecule has 0 fully saturated rings. The van der Waals surface area contributed by atoms with Crippen LogP contribution in [0.4, 0.5) is 5.00 Å². The first-order chi connectivity index (χ1) is 5.85. The molecule has 2 aromatic heterocycles. The minimum Gasteiger partial charge on any atom is -0.380 e. The fraction of sp³-hybridized carbons (Fsp3) is 0.375. The summed E-state index contributed by atoms with van der Waals surface area (Å²) in [6, 6.07) is 2.14. The van der Waals surface area contributed by atoms with Crippen molar-refractivity contribution < 1.29 is 0 Å². The van der Waals surface area contributed by atoms with Crippen molar-refractivity contribution in [1.29, 1.82) is 0 Å². The van der Waals surface area contributed by atoms with Crippen LogP contribution in [0, 0.1) is 0 Å². The van der Waals surface area contributed by atoms with Gasteiger partial charge in [0.2, 0.25) is 0 Å². The highest BCUT2D eigenvalue weighted by atomic mass is 32.1. The van der Waals surface area contributed by atoms with E-state index in [0.717, 1.165) is 6.54 Å². The summed E-state index contributed by atoms with van der Waals surface area (Å²) in [5.41, 5.74) is 1.23. The van der Waals surface area contributed by atoms with Gasteiger partial charge in [0.15, 0.2) is 0 Å². The summed E-state index contributed by atoms with van der Waals surface area (Å²) in [7, 11) is 1.94. The summed E-state index contributed by atoms with van der Waals surface area (Å²) in [6.45, 7) is 3.03. The molecule has 2 aromatic rings. The minimum absolute atomic E-state index is 0.934. The smallest absolute Gasteiger partial charge is 0.0909 e. The van der Waals surface area contributed by atoms with E-state index in [1.165, 1.54) is 15.2 Å². The van der Waals surface area contributed by atoms with Crippen LogP contribution < -0.4 is 5.32 Å². The van der Waals surface area contributed by atoms with Crippen molar-refractivity contribution in [2.24, 2.45) is 0 Å². The second kappa shape index (κ2) is 2.79. The molecule has 0 unspecified atom stereocenters. The first-order valence-corrected chi connectivity index (χ1v) is 4.80. The Hall–Kier alpha value is -1.03. The van der Waals surface area contributed by atoms with Crippen LogP contribution in [0.25, 0.3) is 10.2 Å². The summed E-state index contributed by atoms with van der Waals surface area (Å²) in [4.78, 5) is 0. The SMILES string of the molecule is CCn1ncc2sc(NC)cc21. The highest BCUT2D eigenvalue weighted by molar-refractivity contribution is 7.22. The quantitative estimate of drug-likeness (QED) is 0.769. The number of aryl methyl sites for hydroxylation is 1. The summed E-state index contributed by atoms with van der Waals surface area (Å²) >= 11 is 1.74. The molecule has 0 aliphatic rings. The molecule has 4 heteroatoms. The molecular formula is C8H11N3S.